The summed E-state index contributed by atoms with van der Waals surface area (Å²) in [5.41, 5.74) is 2.92. The molecule has 0 amide bonds. The Balaban J connectivity index is 1.92. The van der Waals surface area contributed by atoms with Crippen LogP contribution in [0.4, 0.5) is 8.78 Å². The first kappa shape index (κ1) is 16.4. The van der Waals surface area contributed by atoms with E-state index in [1.54, 1.807) is 31.4 Å². The minimum Gasteiger partial charge on any atom is -0.434 e. The first-order chi connectivity index (χ1) is 10.7. The topological polar surface area (TPSA) is 30.5 Å². The first-order valence-corrected chi connectivity index (χ1v) is 6.99. The lowest BCUT2D eigenvalue weighted by Gasteiger charge is -2.11. The molecular weight excluding hydrogens is 288 g/mol. The highest BCUT2D eigenvalue weighted by Crippen LogP contribution is 2.20. The summed E-state index contributed by atoms with van der Waals surface area (Å²) in [4.78, 5) is 0. The van der Waals surface area contributed by atoms with Crippen LogP contribution >= 0.6 is 0 Å². The molecule has 0 bridgehead atoms. The maximum atomic E-state index is 12.4. The van der Waals surface area contributed by atoms with Crippen LogP contribution in [-0.4, -0.2) is 13.7 Å². The molecule has 0 aliphatic rings. The normalized spacial score (nSPS) is 10.9. The van der Waals surface area contributed by atoms with Crippen molar-refractivity contribution in [1.82, 2.24) is 5.32 Å². The molecule has 0 saturated carbocycles. The van der Waals surface area contributed by atoms with E-state index in [1.807, 2.05) is 18.2 Å². The third-order valence-electron chi connectivity index (χ3n) is 3.14. The van der Waals surface area contributed by atoms with Gasteiger partial charge in [0.25, 0.3) is 0 Å². The van der Waals surface area contributed by atoms with Crippen molar-refractivity contribution < 1.29 is 18.3 Å². The third-order valence-corrected chi connectivity index (χ3v) is 3.14. The average molecular weight is 307 g/mol. The number of halogens is 2. The van der Waals surface area contributed by atoms with Crippen LogP contribution in [0.15, 0.2) is 48.5 Å². The highest BCUT2D eigenvalue weighted by Gasteiger charge is 2.08. The Morgan fingerprint density at radius 1 is 1.00 bits per heavy atom. The Morgan fingerprint density at radius 2 is 1.77 bits per heavy atom. The monoisotopic (exact) mass is 307 g/mol. The van der Waals surface area contributed by atoms with Gasteiger partial charge in [-0.05, 0) is 17.2 Å². The van der Waals surface area contributed by atoms with Gasteiger partial charge in [0.15, 0.2) is 0 Å². The molecule has 22 heavy (non-hydrogen) atoms. The molecule has 1 N–H and O–H groups in total. The molecule has 0 fully saturated rings. The summed E-state index contributed by atoms with van der Waals surface area (Å²) in [6.45, 7) is -1.15. The number of benzene rings is 2. The van der Waals surface area contributed by atoms with Gasteiger partial charge in [0.2, 0.25) is 0 Å². The molecule has 0 aromatic heterocycles. The number of alkyl halides is 2. The molecule has 0 atom stereocenters. The lowest BCUT2D eigenvalue weighted by molar-refractivity contribution is -0.0505. The van der Waals surface area contributed by atoms with E-state index in [0.29, 0.717) is 25.3 Å². The zero-order chi connectivity index (χ0) is 15.8. The molecule has 2 rings (SSSR count). The van der Waals surface area contributed by atoms with Gasteiger partial charge in [-0.2, -0.15) is 8.78 Å². The summed E-state index contributed by atoms with van der Waals surface area (Å²) >= 11 is 0. The Kier molecular flexibility index (Phi) is 6.30. The molecule has 0 saturated heterocycles. The number of para-hydroxylation sites is 1. The smallest absolute Gasteiger partial charge is 0.387 e. The van der Waals surface area contributed by atoms with Gasteiger partial charge in [0, 0.05) is 25.8 Å². The molecule has 0 spiro atoms. The number of ether oxygens (including phenoxy) is 2. The summed E-state index contributed by atoms with van der Waals surface area (Å²) in [5.74, 6) is 0.207. The van der Waals surface area contributed by atoms with Gasteiger partial charge in [-0.1, -0.05) is 42.5 Å². The molecule has 0 aliphatic carbocycles. The number of methoxy groups -OCH3 is 1. The van der Waals surface area contributed by atoms with E-state index in [9.17, 15) is 8.78 Å². The summed E-state index contributed by atoms with van der Waals surface area (Å²) in [6, 6.07) is 14.8. The maximum Gasteiger partial charge on any atom is 0.387 e. The molecular formula is C17H19F2NO2. The van der Waals surface area contributed by atoms with Crippen molar-refractivity contribution in [3.05, 3.63) is 65.2 Å². The number of hydrogen-bond donors (Lipinski definition) is 1. The van der Waals surface area contributed by atoms with Crippen molar-refractivity contribution >= 4 is 0 Å². The van der Waals surface area contributed by atoms with Crippen molar-refractivity contribution in [2.24, 2.45) is 0 Å². The number of rotatable bonds is 8. The Morgan fingerprint density at radius 3 is 2.55 bits per heavy atom. The van der Waals surface area contributed by atoms with Gasteiger partial charge in [-0.15, -0.1) is 0 Å². The summed E-state index contributed by atoms with van der Waals surface area (Å²) < 4.78 is 34.3. The zero-order valence-electron chi connectivity index (χ0n) is 12.4. The standard InChI is InChI=1S/C17H19F2NO2/c1-21-12-14-6-4-5-13(9-14)10-20-11-15-7-2-3-8-16(15)22-17(18)19/h2-9,17,20H,10-12H2,1H3. The maximum absolute atomic E-state index is 12.4. The van der Waals surface area contributed by atoms with E-state index in [2.05, 4.69) is 16.1 Å². The lowest BCUT2D eigenvalue weighted by atomic mass is 10.1. The minimum atomic E-state index is -2.81. The SMILES string of the molecule is COCc1cccc(CNCc2ccccc2OC(F)F)c1. The van der Waals surface area contributed by atoms with Gasteiger partial charge in [-0.3, -0.25) is 0 Å². The first-order valence-electron chi connectivity index (χ1n) is 6.99. The summed E-state index contributed by atoms with van der Waals surface area (Å²) in [6.07, 6.45) is 0. The van der Waals surface area contributed by atoms with E-state index in [-0.39, 0.29) is 5.75 Å². The molecule has 5 heteroatoms. The van der Waals surface area contributed by atoms with E-state index in [0.717, 1.165) is 11.1 Å². The van der Waals surface area contributed by atoms with Crippen molar-refractivity contribution in [2.45, 2.75) is 26.3 Å². The molecule has 2 aromatic carbocycles. The predicted molar refractivity (Wildman–Crippen MR) is 80.8 cm³/mol. The summed E-state index contributed by atoms with van der Waals surface area (Å²) in [7, 11) is 1.66. The van der Waals surface area contributed by atoms with Gasteiger partial charge in [0.05, 0.1) is 6.61 Å². The van der Waals surface area contributed by atoms with E-state index < -0.39 is 6.61 Å². The van der Waals surface area contributed by atoms with E-state index in [1.165, 1.54) is 0 Å². The fourth-order valence-electron chi connectivity index (χ4n) is 2.20. The molecule has 2 aromatic rings. The zero-order valence-corrected chi connectivity index (χ0v) is 12.4. The van der Waals surface area contributed by atoms with Crippen molar-refractivity contribution in [3.8, 4) is 5.75 Å². The fourth-order valence-corrected chi connectivity index (χ4v) is 2.20. The Labute approximate surface area is 128 Å². The Bertz CT molecular complexity index is 590. The van der Waals surface area contributed by atoms with Gasteiger partial charge in [0.1, 0.15) is 5.75 Å². The molecule has 0 radical (unpaired) electrons. The van der Waals surface area contributed by atoms with E-state index >= 15 is 0 Å². The lowest BCUT2D eigenvalue weighted by Crippen LogP contribution is -2.14. The quantitative estimate of drug-likeness (QED) is 0.806. The second-order valence-corrected chi connectivity index (χ2v) is 4.84. The number of nitrogens with one attached hydrogen (secondary N) is 1. The molecule has 0 aliphatic heterocycles. The van der Waals surface area contributed by atoms with Crippen LogP contribution in [-0.2, 0) is 24.4 Å². The van der Waals surface area contributed by atoms with Gasteiger partial charge < -0.3 is 14.8 Å². The van der Waals surface area contributed by atoms with Crippen LogP contribution in [0.5, 0.6) is 5.75 Å². The van der Waals surface area contributed by atoms with Crippen LogP contribution in [0.1, 0.15) is 16.7 Å². The van der Waals surface area contributed by atoms with Crippen LogP contribution in [0.2, 0.25) is 0 Å². The van der Waals surface area contributed by atoms with Gasteiger partial charge >= 0.3 is 6.61 Å². The summed E-state index contributed by atoms with van der Waals surface area (Å²) in [5, 5.41) is 3.24. The third kappa shape index (κ3) is 5.09. The van der Waals surface area contributed by atoms with Crippen LogP contribution in [0.25, 0.3) is 0 Å². The van der Waals surface area contributed by atoms with Crippen molar-refractivity contribution in [3.63, 3.8) is 0 Å². The van der Waals surface area contributed by atoms with Crippen LogP contribution < -0.4 is 10.1 Å². The molecule has 0 unspecified atom stereocenters. The average Bonchev–Trinajstić information content (AvgIpc) is 2.49. The largest absolute Gasteiger partial charge is 0.434 e. The molecule has 118 valence electrons. The predicted octanol–water partition coefficient (Wildman–Crippen LogP) is 3.72. The highest BCUT2D eigenvalue weighted by molar-refractivity contribution is 5.33. The fraction of sp³-hybridized carbons (Fsp3) is 0.294. The second kappa shape index (κ2) is 8.46. The second-order valence-electron chi connectivity index (χ2n) is 4.84. The minimum absolute atomic E-state index is 0.207. The Hall–Kier alpha value is -1.98. The van der Waals surface area contributed by atoms with Gasteiger partial charge in [-0.25, -0.2) is 0 Å². The van der Waals surface area contributed by atoms with Crippen LogP contribution in [0.3, 0.4) is 0 Å². The van der Waals surface area contributed by atoms with Crippen LogP contribution in [0, 0.1) is 0 Å². The molecule has 3 nitrogen and oxygen atoms in total. The molecule has 0 heterocycles. The highest BCUT2D eigenvalue weighted by atomic mass is 19.3. The van der Waals surface area contributed by atoms with E-state index in [4.69, 9.17) is 4.74 Å². The van der Waals surface area contributed by atoms with Crippen molar-refractivity contribution in [1.29, 1.82) is 0 Å². The van der Waals surface area contributed by atoms with Crippen molar-refractivity contribution in [2.75, 3.05) is 7.11 Å². The number of hydrogen-bond acceptors (Lipinski definition) is 3.